The number of hydrogen-bond acceptors (Lipinski definition) is 4. The van der Waals surface area contributed by atoms with Crippen molar-refractivity contribution in [2.24, 2.45) is 0 Å². The first-order chi connectivity index (χ1) is 9.78. The molecular formula is C15H19N3O2S. The number of nitrogens with two attached hydrogens (primary N) is 1. The van der Waals surface area contributed by atoms with Crippen LogP contribution >= 0.6 is 11.3 Å². The van der Waals surface area contributed by atoms with Crippen molar-refractivity contribution in [2.45, 2.75) is 26.3 Å². The number of carbonyl (C=O) groups is 2. The average Bonchev–Trinajstić information content (AvgIpc) is 2.72. The quantitative estimate of drug-likeness (QED) is 0.812. The Bertz CT molecular complexity index is 686. The normalized spacial score (nSPS) is 11.4. The molecule has 4 N–H and O–H groups in total. The van der Waals surface area contributed by atoms with E-state index in [4.69, 9.17) is 5.73 Å². The molecule has 0 radical (unpaired) electrons. The lowest BCUT2D eigenvalue weighted by atomic mass is 10.1. The Morgan fingerprint density at radius 1 is 1.24 bits per heavy atom. The van der Waals surface area contributed by atoms with Crippen molar-refractivity contribution in [2.75, 3.05) is 12.3 Å². The number of hydrogen-bond donors (Lipinski definition) is 3. The maximum Gasteiger partial charge on any atom is 0.263 e. The van der Waals surface area contributed by atoms with Crippen LogP contribution in [0.15, 0.2) is 24.3 Å². The highest BCUT2D eigenvalue weighted by atomic mass is 32.1. The fourth-order valence-corrected chi connectivity index (χ4v) is 2.98. The molecule has 0 fully saturated rings. The molecule has 0 saturated carbocycles. The number of thiophene rings is 1. The molecule has 1 aromatic heterocycles. The lowest BCUT2D eigenvalue weighted by Crippen LogP contribution is -2.45. The average molecular weight is 305 g/mol. The minimum Gasteiger partial charge on any atom is -0.397 e. The first-order valence-corrected chi connectivity index (χ1v) is 7.46. The number of rotatable bonds is 3. The number of fused-ring (bicyclic) bond motifs is 1. The van der Waals surface area contributed by atoms with E-state index in [1.54, 1.807) is 0 Å². The molecule has 5 nitrogen and oxygen atoms in total. The summed E-state index contributed by atoms with van der Waals surface area (Å²) in [4.78, 5) is 24.3. The van der Waals surface area contributed by atoms with Gasteiger partial charge in [0, 0.05) is 15.6 Å². The summed E-state index contributed by atoms with van der Waals surface area (Å²) in [5.41, 5.74) is 6.14. The van der Waals surface area contributed by atoms with E-state index in [0.29, 0.717) is 10.6 Å². The van der Waals surface area contributed by atoms with E-state index in [-0.39, 0.29) is 23.9 Å². The van der Waals surface area contributed by atoms with Gasteiger partial charge in [0.15, 0.2) is 0 Å². The van der Waals surface area contributed by atoms with E-state index in [1.807, 2.05) is 45.0 Å². The molecular weight excluding hydrogens is 286 g/mol. The molecule has 1 aromatic carbocycles. The summed E-state index contributed by atoms with van der Waals surface area (Å²) < 4.78 is 0.958. The number of nitrogens with one attached hydrogen (secondary N) is 2. The van der Waals surface area contributed by atoms with Crippen LogP contribution in [0.1, 0.15) is 30.4 Å². The van der Waals surface area contributed by atoms with Crippen LogP contribution < -0.4 is 16.4 Å². The highest BCUT2D eigenvalue weighted by molar-refractivity contribution is 7.21. The molecule has 0 spiro atoms. The predicted molar refractivity (Wildman–Crippen MR) is 86.5 cm³/mol. The fraction of sp³-hybridized carbons (Fsp3) is 0.333. The van der Waals surface area contributed by atoms with Crippen LogP contribution in [-0.2, 0) is 4.79 Å². The molecule has 6 heteroatoms. The highest BCUT2D eigenvalue weighted by Gasteiger charge is 2.18. The Balaban J connectivity index is 2.06. The molecule has 0 aliphatic rings. The Labute approximate surface area is 127 Å². The Morgan fingerprint density at radius 3 is 2.52 bits per heavy atom. The van der Waals surface area contributed by atoms with E-state index in [9.17, 15) is 9.59 Å². The van der Waals surface area contributed by atoms with Crippen LogP contribution in [0, 0.1) is 0 Å². The van der Waals surface area contributed by atoms with Crippen LogP contribution in [0.2, 0.25) is 0 Å². The maximum atomic E-state index is 12.1. The standard InChI is InChI=1S/C15H19N3O2S/c1-15(2,3)18-11(19)8-17-14(20)13-12(16)9-6-4-5-7-10(9)21-13/h4-7H,8,16H2,1-3H3,(H,17,20)(H,18,19). The Kier molecular flexibility index (Phi) is 4.18. The summed E-state index contributed by atoms with van der Waals surface area (Å²) in [6.45, 7) is 5.59. The van der Waals surface area contributed by atoms with Crippen molar-refractivity contribution in [1.29, 1.82) is 0 Å². The summed E-state index contributed by atoms with van der Waals surface area (Å²) in [6.07, 6.45) is 0. The highest BCUT2D eigenvalue weighted by Crippen LogP contribution is 2.33. The molecule has 0 bridgehead atoms. The van der Waals surface area contributed by atoms with Gasteiger partial charge in [-0.15, -0.1) is 11.3 Å². The molecule has 2 rings (SSSR count). The number of anilines is 1. The lowest BCUT2D eigenvalue weighted by Gasteiger charge is -2.20. The van der Waals surface area contributed by atoms with E-state index in [2.05, 4.69) is 10.6 Å². The molecule has 0 atom stereocenters. The summed E-state index contributed by atoms with van der Waals surface area (Å²) in [5, 5.41) is 6.26. The van der Waals surface area contributed by atoms with Crippen molar-refractivity contribution in [3.8, 4) is 0 Å². The summed E-state index contributed by atoms with van der Waals surface area (Å²) >= 11 is 1.33. The Morgan fingerprint density at radius 2 is 1.90 bits per heavy atom. The number of carbonyl (C=O) groups excluding carboxylic acids is 2. The van der Waals surface area contributed by atoms with Crippen LogP contribution in [0.3, 0.4) is 0 Å². The first kappa shape index (κ1) is 15.3. The smallest absolute Gasteiger partial charge is 0.263 e. The van der Waals surface area contributed by atoms with Crippen molar-refractivity contribution in [3.63, 3.8) is 0 Å². The Hall–Kier alpha value is -2.08. The van der Waals surface area contributed by atoms with Crippen LogP contribution in [0.4, 0.5) is 5.69 Å². The molecule has 2 amide bonds. The fourth-order valence-electron chi connectivity index (χ4n) is 1.94. The number of nitrogen functional groups attached to an aromatic ring is 1. The van der Waals surface area contributed by atoms with Gasteiger partial charge in [-0.2, -0.15) is 0 Å². The molecule has 0 aliphatic heterocycles. The summed E-state index contributed by atoms with van der Waals surface area (Å²) in [7, 11) is 0. The SMILES string of the molecule is CC(C)(C)NC(=O)CNC(=O)c1sc2ccccc2c1N. The van der Waals surface area contributed by atoms with E-state index in [1.165, 1.54) is 11.3 Å². The number of amides is 2. The lowest BCUT2D eigenvalue weighted by molar-refractivity contribution is -0.121. The molecule has 1 heterocycles. The third kappa shape index (κ3) is 3.72. The topological polar surface area (TPSA) is 84.2 Å². The number of benzene rings is 1. The first-order valence-electron chi connectivity index (χ1n) is 6.64. The minimum atomic E-state index is -0.322. The monoisotopic (exact) mass is 305 g/mol. The van der Waals surface area contributed by atoms with Crippen molar-refractivity contribution < 1.29 is 9.59 Å². The zero-order valence-electron chi connectivity index (χ0n) is 12.3. The van der Waals surface area contributed by atoms with Crippen molar-refractivity contribution in [3.05, 3.63) is 29.1 Å². The van der Waals surface area contributed by atoms with Crippen LogP contribution in [0.25, 0.3) is 10.1 Å². The van der Waals surface area contributed by atoms with Gasteiger partial charge in [-0.25, -0.2) is 0 Å². The molecule has 112 valence electrons. The van der Waals surface area contributed by atoms with Gasteiger partial charge in [0.05, 0.1) is 12.2 Å². The maximum absolute atomic E-state index is 12.1. The zero-order chi connectivity index (χ0) is 15.6. The van der Waals surface area contributed by atoms with Crippen molar-refractivity contribution in [1.82, 2.24) is 10.6 Å². The van der Waals surface area contributed by atoms with Gasteiger partial charge in [0.25, 0.3) is 5.91 Å². The molecule has 2 aromatic rings. The predicted octanol–water partition coefficient (Wildman–Crippen LogP) is 2.13. The zero-order valence-corrected chi connectivity index (χ0v) is 13.1. The summed E-state index contributed by atoms with van der Waals surface area (Å²) in [6, 6.07) is 7.57. The van der Waals surface area contributed by atoms with E-state index < -0.39 is 0 Å². The third-order valence-electron chi connectivity index (χ3n) is 2.76. The van der Waals surface area contributed by atoms with E-state index in [0.717, 1.165) is 10.1 Å². The van der Waals surface area contributed by atoms with Gasteiger partial charge >= 0.3 is 0 Å². The van der Waals surface area contributed by atoms with Crippen molar-refractivity contribution >= 4 is 38.9 Å². The van der Waals surface area contributed by atoms with Gasteiger partial charge in [0.2, 0.25) is 5.91 Å². The van der Waals surface area contributed by atoms with Gasteiger partial charge in [-0.1, -0.05) is 18.2 Å². The van der Waals surface area contributed by atoms with Gasteiger partial charge < -0.3 is 16.4 Å². The van der Waals surface area contributed by atoms with Gasteiger partial charge in [-0.05, 0) is 26.8 Å². The molecule has 0 saturated heterocycles. The van der Waals surface area contributed by atoms with E-state index >= 15 is 0 Å². The second-order valence-electron chi connectivity index (χ2n) is 5.82. The second kappa shape index (κ2) is 5.73. The second-order valence-corrected chi connectivity index (χ2v) is 6.87. The van der Waals surface area contributed by atoms with Crippen LogP contribution in [-0.4, -0.2) is 23.9 Å². The molecule has 21 heavy (non-hydrogen) atoms. The van der Waals surface area contributed by atoms with Gasteiger partial charge in [0.1, 0.15) is 4.88 Å². The largest absolute Gasteiger partial charge is 0.397 e. The minimum absolute atomic E-state index is 0.0657. The van der Waals surface area contributed by atoms with Gasteiger partial charge in [-0.3, -0.25) is 9.59 Å². The third-order valence-corrected chi connectivity index (χ3v) is 3.95. The molecule has 0 unspecified atom stereocenters. The molecule has 0 aliphatic carbocycles. The van der Waals surface area contributed by atoms with Crippen LogP contribution in [0.5, 0.6) is 0 Å². The summed E-state index contributed by atoms with van der Waals surface area (Å²) in [5.74, 6) is -0.548.